The van der Waals surface area contributed by atoms with Crippen LogP contribution in [0.2, 0.25) is 0 Å². The van der Waals surface area contributed by atoms with Crippen molar-refractivity contribution in [2.75, 3.05) is 38.6 Å². The quantitative estimate of drug-likeness (QED) is 0.176. The Morgan fingerprint density at radius 3 is 1.14 bits per heavy atom. The number of hydrogen-bond acceptors (Lipinski definition) is 14. The molecule has 288 valence electrons. The summed E-state index contributed by atoms with van der Waals surface area (Å²) >= 11 is 0. The number of rotatable bonds is 4. The molecule has 2 aliphatic rings. The van der Waals surface area contributed by atoms with Gasteiger partial charge in [0.05, 0.1) is 33.7 Å². The van der Waals surface area contributed by atoms with Crippen molar-refractivity contribution in [3.05, 3.63) is 56.1 Å². The van der Waals surface area contributed by atoms with Crippen LogP contribution in [-0.4, -0.2) is 100 Å². The van der Waals surface area contributed by atoms with Gasteiger partial charge in [-0.2, -0.15) is 10.2 Å². The second kappa shape index (κ2) is 22.3. The minimum Gasteiger partial charge on any atom is -0.543 e. The zero-order valence-electron chi connectivity index (χ0n) is 28.0. The van der Waals surface area contributed by atoms with Crippen LogP contribution in [-0.2, 0) is 51.2 Å². The Bertz CT molecular complexity index is 1840. The summed E-state index contributed by atoms with van der Waals surface area (Å²) in [5.41, 5.74) is -1.57. The van der Waals surface area contributed by atoms with Crippen LogP contribution in [0.4, 0.5) is 0 Å². The molecule has 0 saturated carbocycles. The summed E-state index contributed by atoms with van der Waals surface area (Å²) in [6.45, 7) is 4.56. The third-order valence-electron chi connectivity index (χ3n) is 5.88. The molecule has 2 aromatic carbocycles. The van der Waals surface area contributed by atoms with Gasteiger partial charge in [0, 0.05) is 71.8 Å². The smallest absolute Gasteiger partial charge is 0.543 e. The zero-order chi connectivity index (χ0) is 34.3. The minimum absolute atomic E-state index is 0. The fourth-order valence-electron chi connectivity index (χ4n) is 4.10. The Morgan fingerprint density at radius 2 is 0.902 bits per heavy atom. The average molecular weight is 809 g/mol. The maximum Gasteiger partial charge on any atom is 2.00 e. The van der Waals surface area contributed by atoms with E-state index in [0.29, 0.717) is 47.1 Å². The van der Waals surface area contributed by atoms with E-state index in [1.807, 2.05) is 0 Å². The van der Waals surface area contributed by atoms with E-state index in [9.17, 15) is 37.8 Å². The Kier molecular flexibility index (Phi) is 22.3. The van der Waals surface area contributed by atoms with Crippen LogP contribution in [0, 0.1) is 0 Å². The number of nitrogens with zero attached hydrogens (tertiary/aromatic N) is 4. The van der Waals surface area contributed by atoms with Gasteiger partial charge in [0.15, 0.2) is 34.4 Å². The molecular formula is C28H38N4NiO16S2. The number of aryl methyl sites for hydroxylation is 2. The van der Waals surface area contributed by atoms with Crippen LogP contribution < -0.4 is 40.0 Å². The Hall–Kier alpha value is -4.51. The van der Waals surface area contributed by atoms with Gasteiger partial charge in [-0.05, 0) is 26.0 Å². The monoisotopic (exact) mass is 808 g/mol. The molecule has 0 bridgehead atoms. The van der Waals surface area contributed by atoms with E-state index in [1.54, 1.807) is 51.0 Å². The molecule has 20 nitrogen and oxygen atoms in total. The fraction of sp³-hybridized carbons (Fsp3) is 0.357. The topological polar surface area (TPSA) is 347 Å². The maximum absolute atomic E-state index is 12.0. The molecule has 8 N–H and O–H groups in total. The summed E-state index contributed by atoms with van der Waals surface area (Å²) in [6, 6.07) is 6.18. The van der Waals surface area contributed by atoms with E-state index in [-0.39, 0.29) is 62.8 Å². The van der Waals surface area contributed by atoms with Crippen molar-refractivity contribution in [2.24, 2.45) is 0 Å². The van der Waals surface area contributed by atoms with Crippen molar-refractivity contribution in [1.29, 1.82) is 0 Å². The first-order valence-electron chi connectivity index (χ1n) is 13.3. The molecule has 2 aromatic heterocycles. The predicted octanol–water partition coefficient (Wildman–Crippen LogP) is -4.29. The van der Waals surface area contributed by atoms with Crippen LogP contribution in [0.1, 0.15) is 34.8 Å². The van der Waals surface area contributed by atoms with Gasteiger partial charge in [0.2, 0.25) is 24.4 Å². The molecule has 0 aliphatic carbocycles. The predicted molar refractivity (Wildman–Crippen MR) is 179 cm³/mol. The largest absolute Gasteiger partial charge is 2.00 e. The molecule has 0 radical (unpaired) electrons. The summed E-state index contributed by atoms with van der Waals surface area (Å²) in [5, 5.41) is 29.9. The normalized spacial score (nSPS) is 11.0. The van der Waals surface area contributed by atoms with Gasteiger partial charge >= 0.3 is 16.5 Å². The molecule has 4 heterocycles. The van der Waals surface area contributed by atoms with Gasteiger partial charge in [0.25, 0.3) is 0 Å². The van der Waals surface area contributed by atoms with Gasteiger partial charge in [-0.25, -0.2) is 0 Å². The molecule has 0 spiro atoms. The summed E-state index contributed by atoms with van der Waals surface area (Å²) in [7, 11) is -1.22. The first-order valence-corrected chi connectivity index (χ1v) is 17.2. The number of carbonyl (C=O) groups excluding carboxylic acids is 2. The van der Waals surface area contributed by atoms with Crippen molar-refractivity contribution in [3.63, 3.8) is 0 Å². The third kappa shape index (κ3) is 12.3. The van der Waals surface area contributed by atoms with Crippen LogP contribution in [0.15, 0.2) is 33.9 Å². The molecule has 4 aromatic rings. The molecule has 0 saturated heterocycles. The summed E-state index contributed by atoms with van der Waals surface area (Å²) < 4.78 is 42.8. The van der Waals surface area contributed by atoms with E-state index in [2.05, 4.69) is 10.2 Å². The molecule has 0 amide bonds. The first kappa shape index (κ1) is 50.9. The number of aromatic nitrogens is 4. The van der Waals surface area contributed by atoms with E-state index < -0.39 is 55.8 Å². The van der Waals surface area contributed by atoms with Gasteiger partial charge in [-0.1, -0.05) is 0 Å². The van der Waals surface area contributed by atoms with Crippen molar-refractivity contribution >= 4 is 55.3 Å². The number of fused-ring (bicyclic) bond motifs is 4. The number of carboxylic acid groups (broad SMARTS) is 2. The molecule has 2 aliphatic heterocycles. The Balaban J connectivity index is -0.000000691. The first-order chi connectivity index (χ1) is 21.7. The van der Waals surface area contributed by atoms with E-state index in [4.69, 9.17) is 18.9 Å². The second-order valence-electron chi connectivity index (χ2n) is 9.49. The van der Waals surface area contributed by atoms with Crippen LogP contribution >= 0.6 is 0 Å². The van der Waals surface area contributed by atoms with Gasteiger partial charge in [0.1, 0.15) is 0 Å². The molecular weight excluding hydrogens is 771 g/mol. The standard InChI is InChI=1S/2C12H10N2O5.2C2H6OS.Ni.4H2O/c2*1-2-14-7-4-9-8(18-5-19-9)3-6(7)11(15)10(13-14)12(16)17;2*1-4(2)3;;;;;/h2*3-4H,2,5H2,1H3,(H,16,17);2*1-2H3;;4*1H2/q;;;;+2;;;;/p-2. The molecule has 23 heteroatoms. The van der Waals surface area contributed by atoms with Gasteiger partial charge in [-0.3, -0.25) is 27.4 Å². The Morgan fingerprint density at radius 1 is 0.647 bits per heavy atom. The van der Waals surface area contributed by atoms with Crippen molar-refractivity contribution in [2.45, 2.75) is 26.9 Å². The Labute approximate surface area is 304 Å². The molecule has 51 heavy (non-hydrogen) atoms. The number of ether oxygens (including phenoxy) is 4. The van der Waals surface area contributed by atoms with E-state index in [1.165, 1.54) is 21.5 Å². The second-order valence-corrected chi connectivity index (χ2v) is 12.5. The van der Waals surface area contributed by atoms with E-state index >= 15 is 0 Å². The third-order valence-corrected chi connectivity index (χ3v) is 5.88. The van der Waals surface area contributed by atoms with Crippen molar-refractivity contribution < 1.29 is 85.6 Å². The van der Waals surface area contributed by atoms with Gasteiger partial charge in [-0.15, -0.1) is 0 Å². The van der Waals surface area contributed by atoms with Crippen LogP contribution in [0.3, 0.4) is 0 Å². The molecule has 6 rings (SSSR count). The molecule has 0 fully saturated rings. The number of hydrogen-bond donors (Lipinski definition) is 0. The minimum atomic E-state index is -1.59. The van der Waals surface area contributed by atoms with Crippen LogP contribution in [0.25, 0.3) is 21.8 Å². The zero-order valence-corrected chi connectivity index (χ0v) is 30.6. The SMILES string of the molecule is CCn1nc(C(=O)[O-])c(=O)c2cc3c(cc21)OCO3.CCn1nc(C(=O)[O-])c(=O)c2cc3c(cc21)OCO3.CS(C)=O.CS(C)=O.O.O.O.O.[Ni+2]. The maximum atomic E-state index is 12.0. The average Bonchev–Trinajstić information content (AvgIpc) is 3.64. The van der Waals surface area contributed by atoms with Crippen molar-refractivity contribution in [1.82, 2.24) is 19.6 Å². The summed E-state index contributed by atoms with van der Waals surface area (Å²) in [4.78, 5) is 45.9. The number of benzene rings is 2. The number of carboxylic acids is 2. The van der Waals surface area contributed by atoms with E-state index in [0.717, 1.165) is 0 Å². The molecule has 0 atom stereocenters. The molecule has 0 unspecified atom stereocenters. The summed E-state index contributed by atoms with van der Waals surface area (Å²) in [5.74, 6) is -1.32. The van der Waals surface area contributed by atoms with Gasteiger partial charge < -0.3 is 60.7 Å². The number of aromatic carboxylic acids is 2. The van der Waals surface area contributed by atoms with Crippen molar-refractivity contribution in [3.8, 4) is 23.0 Å². The summed E-state index contributed by atoms with van der Waals surface area (Å²) in [6.07, 6.45) is 6.56. The fourth-order valence-corrected chi connectivity index (χ4v) is 4.10. The number of carbonyl (C=O) groups is 2. The van der Waals surface area contributed by atoms with Crippen LogP contribution in [0.5, 0.6) is 23.0 Å².